The number of oxime groups is 1. The van der Waals surface area contributed by atoms with Gasteiger partial charge in [-0.2, -0.15) is 11.8 Å². The van der Waals surface area contributed by atoms with Crippen LogP contribution in [0, 0.1) is 5.41 Å². The lowest BCUT2D eigenvalue weighted by atomic mass is 10.1. The third kappa shape index (κ3) is 3.46. The summed E-state index contributed by atoms with van der Waals surface area (Å²) < 4.78 is 0. The summed E-state index contributed by atoms with van der Waals surface area (Å²) in [5.41, 5.74) is 5.87. The quantitative estimate of drug-likeness (QED) is 0.228. The lowest BCUT2D eigenvalue weighted by molar-refractivity contribution is 0.315. The topological polar surface area (TPSA) is 58.6 Å². The molecule has 0 spiro atoms. The van der Waals surface area contributed by atoms with Crippen LogP contribution in [0.3, 0.4) is 0 Å². The maximum atomic E-state index is 8.45. The van der Waals surface area contributed by atoms with Gasteiger partial charge in [-0.05, 0) is 36.2 Å². The number of nitrogens with zero attached hydrogens (tertiary/aromatic N) is 1. The van der Waals surface area contributed by atoms with Gasteiger partial charge in [-0.15, -0.1) is 0 Å². The first-order chi connectivity index (χ1) is 6.22. The summed E-state index contributed by atoms with van der Waals surface area (Å²) in [5, 5.41) is 11.5. The zero-order valence-corrected chi connectivity index (χ0v) is 8.94. The van der Waals surface area contributed by atoms with Crippen LogP contribution in [-0.4, -0.2) is 22.5 Å². The van der Waals surface area contributed by atoms with Gasteiger partial charge in [0.25, 0.3) is 0 Å². The number of nitrogens with two attached hydrogens (primary N) is 1. The molecule has 0 unspecified atom stereocenters. The highest BCUT2D eigenvalue weighted by Crippen LogP contribution is 2.50. The van der Waals surface area contributed by atoms with Crippen molar-refractivity contribution in [2.75, 3.05) is 11.5 Å². The third-order valence-corrected chi connectivity index (χ3v) is 3.91. The van der Waals surface area contributed by atoms with E-state index in [-0.39, 0.29) is 0 Å². The van der Waals surface area contributed by atoms with Gasteiger partial charge in [0.15, 0.2) is 0 Å². The van der Waals surface area contributed by atoms with Gasteiger partial charge >= 0.3 is 0 Å². The SMILES string of the molecule is CCCSCC1(CC(N)=NO)CC1. The van der Waals surface area contributed by atoms with E-state index in [1.165, 1.54) is 25.0 Å². The lowest BCUT2D eigenvalue weighted by Crippen LogP contribution is -2.19. The first kappa shape index (κ1) is 10.7. The van der Waals surface area contributed by atoms with Crippen molar-refractivity contribution in [2.45, 2.75) is 32.6 Å². The van der Waals surface area contributed by atoms with E-state index in [0.29, 0.717) is 11.3 Å². The molecule has 76 valence electrons. The number of amidine groups is 1. The Balaban J connectivity index is 2.22. The molecule has 0 heterocycles. The van der Waals surface area contributed by atoms with Crippen LogP contribution in [0.5, 0.6) is 0 Å². The molecule has 0 radical (unpaired) electrons. The van der Waals surface area contributed by atoms with Crippen LogP contribution in [0.15, 0.2) is 5.16 Å². The molecule has 1 rings (SSSR count). The first-order valence-corrected chi connectivity index (χ1v) is 5.92. The Morgan fingerprint density at radius 2 is 2.31 bits per heavy atom. The molecular formula is C9H18N2OS. The fourth-order valence-electron chi connectivity index (χ4n) is 1.40. The molecule has 1 aliphatic rings. The standard InChI is InChI=1S/C9H18N2OS/c1-2-5-13-7-9(3-4-9)6-8(10)11-12/h12H,2-7H2,1H3,(H2,10,11). The third-order valence-electron chi connectivity index (χ3n) is 2.40. The van der Waals surface area contributed by atoms with Crippen LogP contribution in [0.25, 0.3) is 0 Å². The van der Waals surface area contributed by atoms with Gasteiger partial charge in [0.1, 0.15) is 5.84 Å². The molecular weight excluding hydrogens is 184 g/mol. The Bertz CT molecular complexity index is 190. The summed E-state index contributed by atoms with van der Waals surface area (Å²) in [6, 6.07) is 0. The maximum absolute atomic E-state index is 8.45. The molecule has 0 aromatic heterocycles. The Morgan fingerprint density at radius 3 is 2.77 bits per heavy atom. The van der Waals surface area contributed by atoms with Crippen molar-refractivity contribution < 1.29 is 5.21 Å². The van der Waals surface area contributed by atoms with E-state index in [1.54, 1.807) is 0 Å². The van der Waals surface area contributed by atoms with E-state index >= 15 is 0 Å². The zero-order valence-electron chi connectivity index (χ0n) is 8.12. The number of hydrogen-bond donors (Lipinski definition) is 2. The Morgan fingerprint density at radius 1 is 1.62 bits per heavy atom. The van der Waals surface area contributed by atoms with Gasteiger partial charge < -0.3 is 10.9 Å². The van der Waals surface area contributed by atoms with Crippen molar-refractivity contribution in [3.8, 4) is 0 Å². The van der Waals surface area contributed by atoms with E-state index in [4.69, 9.17) is 10.9 Å². The van der Waals surface area contributed by atoms with Gasteiger partial charge in [-0.1, -0.05) is 12.1 Å². The molecule has 0 bridgehead atoms. The highest BCUT2D eigenvalue weighted by atomic mass is 32.2. The molecule has 0 atom stereocenters. The van der Waals surface area contributed by atoms with E-state index < -0.39 is 0 Å². The number of rotatable bonds is 6. The fraction of sp³-hybridized carbons (Fsp3) is 0.889. The smallest absolute Gasteiger partial charge is 0.139 e. The highest BCUT2D eigenvalue weighted by Gasteiger charge is 2.42. The van der Waals surface area contributed by atoms with Crippen LogP contribution in [-0.2, 0) is 0 Å². The summed E-state index contributed by atoms with van der Waals surface area (Å²) in [6.45, 7) is 2.19. The van der Waals surface area contributed by atoms with Crippen LogP contribution >= 0.6 is 11.8 Å². The number of hydrogen-bond acceptors (Lipinski definition) is 3. The van der Waals surface area contributed by atoms with Crippen molar-refractivity contribution in [3.05, 3.63) is 0 Å². The minimum Gasteiger partial charge on any atom is -0.409 e. The minimum absolute atomic E-state index is 0.371. The maximum Gasteiger partial charge on any atom is 0.139 e. The predicted octanol–water partition coefficient (Wildman–Crippen LogP) is 2.05. The monoisotopic (exact) mass is 202 g/mol. The summed E-state index contributed by atoms with van der Waals surface area (Å²) in [6.07, 6.45) is 4.46. The van der Waals surface area contributed by atoms with Gasteiger partial charge in [0.05, 0.1) is 0 Å². The fourth-order valence-corrected chi connectivity index (χ4v) is 2.66. The second kappa shape index (κ2) is 4.74. The minimum atomic E-state index is 0.371. The second-order valence-electron chi connectivity index (χ2n) is 3.82. The van der Waals surface area contributed by atoms with Gasteiger partial charge in [-0.3, -0.25) is 0 Å². The Hall–Kier alpha value is -0.380. The Labute approximate surface area is 83.8 Å². The van der Waals surface area contributed by atoms with E-state index in [0.717, 1.165) is 12.2 Å². The van der Waals surface area contributed by atoms with Crippen LogP contribution < -0.4 is 5.73 Å². The molecule has 3 N–H and O–H groups in total. The van der Waals surface area contributed by atoms with E-state index in [9.17, 15) is 0 Å². The molecule has 13 heavy (non-hydrogen) atoms. The van der Waals surface area contributed by atoms with Crippen LogP contribution in [0.2, 0.25) is 0 Å². The van der Waals surface area contributed by atoms with Crippen molar-refractivity contribution in [3.63, 3.8) is 0 Å². The van der Waals surface area contributed by atoms with Gasteiger partial charge in [-0.25, -0.2) is 0 Å². The zero-order chi connectivity index (χ0) is 9.73. The largest absolute Gasteiger partial charge is 0.409 e. The average molecular weight is 202 g/mol. The van der Waals surface area contributed by atoms with Crippen LogP contribution in [0.4, 0.5) is 0 Å². The lowest BCUT2D eigenvalue weighted by Gasteiger charge is -2.12. The molecule has 1 aliphatic carbocycles. The molecule has 0 amide bonds. The van der Waals surface area contributed by atoms with Crippen molar-refractivity contribution >= 4 is 17.6 Å². The number of thioether (sulfide) groups is 1. The average Bonchev–Trinajstić information content (AvgIpc) is 2.86. The molecule has 0 saturated heterocycles. The molecule has 1 saturated carbocycles. The van der Waals surface area contributed by atoms with E-state index in [2.05, 4.69) is 12.1 Å². The van der Waals surface area contributed by atoms with Gasteiger partial charge in [0, 0.05) is 6.42 Å². The van der Waals surface area contributed by atoms with Crippen molar-refractivity contribution in [1.29, 1.82) is 0 Å². The normalized spacial score (nSPS) is 20.2. The molecule has 0 aromatic carbocycles. The molecule has 0 aliphatic heterocycles. The molecule has 4 heteroatoms. The Kier molecular flexibility index (Phi) is 3.90. The van der Waals surface area contributed by atoms with Crippen molar-refractivity contribution in [1.82, 2.24) is 0 Å². The predicted molar refractivity (Wildman–Crippen MR) is 57.3 cm³/mol. The molecule has 0 aromatic rings. The summed E-state index contributed by atoms with van der Waals surface area (Å²) in [4.78, 5) is 0. The summed E-state index contributed by atoms with van der Waals surface area (Å²) in [7, 11) is 0. The summed E-state index contributed by atoms with van der Waals surface area (Å²) in [5.74, 6) is 2.77. The molecule has 1 fully saturated rings. The highest BCUT2D eigenvalue weighted by molar-refractivity contribution is 7.99. The second-order valence-corrected chi connectivity index (χ2v) is 4.93. The van der Waals surface area contributed by atoms with Gasteiger partial charge in [0.2, 0.25) is 0 Å². The van der Waals surface area contributed by atoms with E-state index in [1.807, 2.05) is 11.8 Å². The molecule has 3 nitrogen and oxygen atoms in total. The first-order valence-electron chi connectivity index (χ1n) is 4.76. The van der Waals surface area contributed by atoms with Crippen LogP contribution in [0.1, 0.15) is 32.6 Å². The van der Waals surface area contributed by atoms with Crippen molar-refractivity contribution in [2.24, 2.45) is 16.3 Å². The summed E-state index contributed by atoms with van der Waals surface area (Å²) >= 11 is 1.98.